The number of carbonyl (C=O) groups is 1. The number of aromatic amines is 1. The zero-order valence-corrected chi connectivity index (χ0v) is 20.7. The van der Waals surface area contributed by atoms with Crippen molar-refractivity contribution in [2.75, 3.05) is 5.32 Å². The molecule has 0 atom stereocenters. The number of nitrogens with one attached hydrogen (secondary N) is 2. The Morgan fingerprint density at radius 3 is 2.27 bits per heavy atom. The average molecular weight is 582 g/mol. The van der Waals surface area contributed by atoms with Crippen molar-refractivity contribution in [2.24, 2.45) is 0 Å². The molecular weight excluding hydrogens is 568 g/mol. The van der Waals surface area contributed by atoms with Gasteiger partial charge in [0.1, 0.15) is 11.2 Å². The Morgan fingerprint density at radius 1 is 0.975 bits per heavy atom. The van der Waals surface area contributed by atoms with Crippen LogP contribution in [-0.2, 0) is 12.4 Å². The van der Waals surface area contributed by atoms with Gasteiger partial charge in [-0.25, -0.2) is 4.68 Å². The molecule has 5 aromatic rings. The first-order valence-electron chi connectivity index (χ1n) is 11.1. The molecule has 5 rings (SSSR count). The predicted octanol–water partition coefficient (Wildman–Crippen LogP) is 5.55. The van der Waals surface area contributed by atoms with Crippen LogP contribution in [0.25, 0.3) is 22.7 Å². The smallest absolute Gasteiger partial charge is 0.306 e. The summed E-state index contributed by atoms with van der Waals surface area (Å²) in [5, 5.41) is 11.0. The van der Waals surface area contributed by atoms with E-state index in [-0.39, 0.29) is 34.6 Å². The Hall–Kier alpha value is -4.66. The van der Waals surface area contributed by atoms with E-state index < -0.39 is 40.5 Å². The number of nitrogens with zero attached hydrogens (tertiary/aromatic N) is 5. The molecule has 0 bridgehead atoms. The maximum absolute atomic E-state index is 13.3. The fraction of sp³-hybridized carbons (Fsp3) is 0.125. The molecule has 9 nitrogen and oxygen atoms in total. The van der Waals surface area contributed by atoms with Crippen molar-refractivity contribution < 1.29 is 31.1 Å². The zero-order valence-electron chi connectivity index (χ0n) is 19.9. The number of alkyl halides is 6. The molecule has 40 heavy (non-hydrogen) atoms. The monoisotopic (exact) mass is 581 g/mol. The van der Waals surface area contributed by atoms with Crippen LogP contribution in [0.2, 0.25) is 5.02 Å². The van der Waals surface area contributed by atoms with Crippen molar-refractivity contribution in [3.05, 3.63) is 92.5 Å². The maximum atomic E-state index is 13.3. The van der Waals surface area contributed by atoms with Crippen LogP contribution in [0.1, 0.15) is 27.2 Å². The van der Waals surface area contributed by atoms with E-state index in [1.807, 2.05) is 0 Å². The van der Waals surface area contributed by atoms with Crippen molar-refractivity contribution in [1.82, 2.24) is 29.5 Å². The number of carbonyl (C=O) groups excluding carboxylic acids is 1. The standard InChI is InChI=1S/C24H14ClF6N7O2/c1-11-5-18(33-20(39)12-6-13(23(26,27)28)8-14(7-12)24(29,30)31)38(36-11)22-34-19-17(21(40)35-22)10-32-37(19)16-4-2-3-15(25)9-16/h2-10H,1H3,(H,33,39)(H,34,35,40). The first-order valence-corrected chi connectivity index (χ1v) is 11.5. The van der Waals surface area contributed by atoms with Gasteiger partial charge in [-0.2, -0.15) is 46.2 Å². The number of amides is 1. The number of hydrogen-bond donors (Lipinski definition) is 2. The van der Waals surface area contributed by atoms with Gasteiger partial charge in [-0.05, 0) is 43.3 Å². The number of aromatic nitrogens is 6. The highest BCUT2D eigenvalue weighted by molar-refractivity contribution is 6.30. The van der Waals surface area contributed by atoms with Gasteiger partial charge in [0.25, 0.3) is 11.5 Å². The average Bonchev–Trinajstić information content (AvgIpc) is 3.46. The van der Waals surface area contributed by atoms with E-state index in [1.165, 1.54) is 23.9 Å². The Morgan fingerprint density at radius 2 is 1.65 bits per heavy atom. The summed E-state index contributed by atoms with van der Waals surface area (Å²) < 4.78 is 81.9. The number of anilines is 1. The largest absolute Gasteiger partial charge is 0.416 e. The quantitative estimate of drug-likeness (QED) is 0.271. The van der Waals surface area contributed by atoms with Gasteiger partial charge in [0.15, 0.2) is 5.65 Å². The van der Waals surface area contributed by atoms with Crippen LogP contribution in [0, 0.1) is 6.92 Å². The molecule has 1 amide bonds. The molecular formula is C24H14ClF6N7O2. The third-order valence-corrected chi connectivity index (χ3v) is 5.84. The van der Waals surface area contributed by atoms with E-state index in [1.54, 1.807) is 24.3 Å². The molecule has 0 aliphatic carbocycles. The van der Waals surface area contributed by atoms with Crippen molar-refractivity contribution in [3.8, 4) is 11.6 Å². The van der Waals surface area contributed by atoms with E-state index in [4.69, 9.17) is 11.6 Å². The Balaban J connectivity index is 1.57. The van der Waals surface area contributed by atoms with Gasteiger partial charge >= 0.3 is 12.4 Å². The number of H-pyrrole nitrogens is 1. The first-order chi connectivity index (χ1) is 18.7. The second-order valence-corrected chi connectivity index (χ2v) is 8.93. The molecule has 0 saturated carbocycles. The Kier molecular flexibility index (Phi) is 6.40. The van der Waals surface area contributed by atoms with Crippen LogP contribution >= 0.6 is 11.6 Å². The SMILES string of the molecule is Cc1cc(NC(=O)c2cc(C(F)(F)F)cc(C(F)(F)F)c2)n(-c2nc3c(cnn3-c3cccc(Cl)c3)c(=O)[nH]2)n1. The van der Waals surface area contributed by atoms with Gasteiger partial charge in [0.05, 0.1) is 28.7 Å². The Bertz CT molecular complexity index is 1810. The maximum Gasteiger partial charge on any atom is 0.416 e. The van der Waals surface area contributed by atoms with Crippen molar-refractivity contribution in [1.29, 1.82) is 0 Å². The normalized spacial score (nSPS) is 12.2. The van der Waals surface area contributed by atoms with E-state index in [0.29, 0.717) is 22.8 Å². The summed E-state index contributed by atoms with van der Waals surface area (Å²) in [4.78, 5) is 32.5. The highest BCUT2D eigenvalue weighted by Gasteiger charge is 2.37. The molecule has 3 heterocycles. The molecule has 2 aromatic carbocycles. The summed E-state index contributed by atoms with van der Waals surface area (Å²) in [7, 11) is 0. The van der Waals surface area contributed by atoms with Crippen molar-refractivity contribution in [2.45, 2.75) is 19.3 Å². The summed E-state index contributed by atoms with van der Waals surface area (Å²) in [5.74, 6) is -1.69. The highest BCUT2D eigenvalue weighted by atomic mass is 35.5. The van der Waals surface area contributed by atoms with Gasteiger partial charge < -0.3 is 5.32 Å². The van der Waals surface area contributed by atoms with Crippen LogP contribution in [0.4, 0.5) is 32.2 Å². The van der Waals surface area contributed by atoms with Crippen LogP contribution in [0.3, 0.4) is 0 Å². The first kappa shape index (κ1) is 26.9. The lowest BCUT2D eigenvalue weighted by Gasteiger charge is -2.14. The molecule has 16 heteroatoms. The minimum Gasteiger partial charge on any atom is -0.306 e. The van der Waals surface area contributed by atoms with Gasteiger partial charge in [-0.15, -0.1) is 0 Å². The molecule has 0 aliphatic rings. The highest BCUT2D eigenvalue weighted by Crippen LogP contribution is 2.36. The molecule has 0 radical (unpaired) electrons. The topological polar surface area (TPSA) is 110 Å². The lowest BCUT2D eigenvalue weighted by Crippen LogP contribution is -2.20. The van der Waals surface area contributed by atoms with Gasteiger partial charge in [-0.1, -0.05) is 17.7 Å². The van der Waals surface area contributed by atoms with Crippen molar-refractivity contribution in [3.63, 3.8) is 0 Å². The number of benzene rings is 2. The number of halogens is 7. The number of fused-ring (bicyclic) bond motifs is 1. The predicted molar refractivity (Wildman–Crippen MR) is 131 cm³/mol. The minimum absolute atomic E-state index is 0.0825. The lowest BCUT2D eigenvalue weighted by atomic mass is 10.0. The molecule has 0 fully saturated rings. The van der Waals surface area contributed by atoms with Gasteiger partial charge in [0, 0.05) is 16.7 Å². The second-order valence-electron chi connectivity index (χ2n) is 8.49. The summed E-state index contributed by atoms with van der Waals surface area (Å²) in [6, 6.07) is 8.32. The molecule has 0 unspecified atom stereocenters. The third kappa shape index (κ3) is 5.14. The molecule has 2 N–H and O–H groups in total. The summed E-state index contributed by atoms with van der Waals surface area (Å²) in [6.45, 7) is 1.51. The minimum atomic E-state index is -5.14. The molecule has 0 spiro atoms. The number of aryl methyl sites for hydroxylation is 1. The second kappa shape index (κ2) is 9.51. The number of rotatable bonds is 4. The van der Waals surface area contributed by atoms with Crippen LogP contribution in [0.15, 0.2) is 59.5 Å². The van der Waals surface area contributed by atoms with Gasteiger partial charge in [0.2, 0.25) is 5.95 Å². The third-order valence-electron chi connectivity index (χ3n) is 5.60. The summed E-state index contributed by atoms with van der Waals surface area (Å²) in [5.41, 5.74) is -4.00. The summed E-state index contributed by atoms with van der Waals surface area (Å²) >= 11 is 6.05. The fourth-order valence-electron chi connectivity index (χ4n) is 3.83. The van der Waals surface area contributed by atoms with E-state index in [2.05, 4.69) is 25.5 Å². The molecule has 0 saturated heterocycles. The Labute approximate surface area is 224 Å². The molecule has 3 aromatic heterocycles. The van der Waals surface area contributed by atoms with E-state index in [9.17, 15) is 35.9 Å². The van der Waals surface area contributed by atoms with E-state index in [0.717, 1.165) is 4.68 Å². The molecule has 206 valence electrons. The van der Waals surface area contributed by atoms with Crippen LogP contribution in [0.5, 0.6) is 0 Å². The van der Waals surface area contributed by atoms with E-state index >= 15 is 0 Å². The fourth-order valence-corrected chi connectivity index (χ4v) is 4.01. The van der Waals surface area contributed by atoms with Crippen LogP contribution in [-0.4, -0.2) is 35.4 Å². The van der Waals surface area contributed by atoms with Gasteiger partial charge in [-0.3, -0.25) is 14.6 Å². The van der Waals surface area contributed by atoms with Crippen molar-refractivity contribution >= 4 is 34.4 Å². The zero-order chi connectivity index (χ0) is 29.0. The number of hydrogen-bond acceptors (Lipinski definition) is 5. The van der Waals surface area contributed by atoms with Crippen LogP contribution < -0.4 is 10.9 Å². The lowest BCUT2D eigenvalue weighted by molar-refractivity contribution is -0.143. The summed E-state index contributed by atoms with van der Waals surface area (Å²) in [6.07, 6.45) is -9.01. The molecule has 0 aliphatic heterocycles.